The van der Waals surface area contributed by atoms with Gasteiger partial charge in [0.15, 0.2) is 5.75 Å². The summed E-state index contributed by atoms with van der Waals surface area (Å²) < 4.78 is 5.33. The van der Waals surface area contributed by atoms with E-state index in [-0.39, 0.29) is 11.5 Å². The van der Waals surface area contributed by atoms with Crippen molar-refractivity contribution in [3.63, 3.8) is 0 Å². The fourth-order valence-corrected chi connectivity index (χ4v) is 2.08. The Labute approximate surface area is 130 Å². The van der Waals surface area contributed by atoms with Gasteiger partial charge in [-0.25, -0.2) is 5.43 Å². The van der Waals surface area contributed by atoms with Gasteiger partial charge in [0.25, 0.3) is 5.56 Å². The summed E-state index contributed by atoms with van der Waals surface area (Å²) in [6.07, 6.45) is 2.53. The van der Waals surface area contributed by atoms with Crippen LogP contribution in [0, 0.1) is 0 Å². The molecular weight excluding hydrogens is 317 g/mol. The van der Waals surface area contributed by atoms with E-state index in [1.165, 1.54) is 6.21 Å². The molecule has 110 valence electrons. The van der Waals surface area contributed by atoms with Gasteiger partial charge in [-0.2, -0.15) is 5.10 Å². The largest absolute Gasteiger partial charge is 0.491 e. The first kappa shape index (κ1) is 15.3. The molecule has 0 aliphatic carbocycles. The van der Waals surface area contributed by atoms with Gasteiger partial charge in [0.05, 0.1) is 22.9 Å². The normalized spacial score (nSPS) is 10.8. The number of aromatic amines is 1. The Kier molecular flexibility index (Phi) is 5.13. The lowest BCUT2D eigenvalue weighted by Crippen LogP contribution is -2.10. The highest BCUT2D eigenvalue weighted by molar-refractivity contribution is 6.37. The van der Waals surface area contributed by atoms with Crippen molar-refractivity contribution in [3.05, 3.63) is 44.3 Å². The van der Waals surface area contributed by atoms with E-state index in [1.807, 2.05) is 6.92 Å². The molecule has 0 aliphatic rings. The number of hydrogen-bond donors (Lipinski definition) is 2. The van der Waals surface area contributed by atoms with E-state index in [9.17, 15) is 4.79 Å². The van der Waals surface area contributed by atoms with Gasteiger partial charge in [-0.05, 0) is 24.6 Å². The highest BCUT2D eigenvalue weighted by Gasteiger charge is 2.08. The zero-order valence-corrected chi connectivity index (χ0v) is 12.4. The van der Waals surface area contributed by atoms with Crippen molar-refractivity contribution in [2.45, 2.75) is 6.92 Å². The summed E-state index contributed by atoms with van der Waals surface area (Å²) in [4.78, 5) is 13.4. The molecule has 0 saturated carbocycles. The Hall–Kier alpha value is -2.12. The molecule has 0 atom stereocenters. The molecule has 2 rings (SSSR count). The standard InChI is InChI=1S/C12H11Cl2N5O2/c1-2-21-11-8(13)3-7(4-9(11)14)5-15-18-12-17-10(20)6-16-19-12/h3-6H,2H2,1H3,(H2,17,18,19,20)/b15-5+. The second kappa shape index (κ2) is 7.05. The predicted octanol–water partition coefficient (Wildman–Crippen LogP) is 2.32. The Bertz CT molecular complexity index is 694. The molecule has 1 heterocycles. The molecule has 0 saturated heterocycles. The van der Waals surface area contributed by atoms with Crippen molar-refractivity contribution in [1.29, 1.82) is 0 Å². The minimum atomic E-state index is -0.380. The van der Waals surface area contributed by atoms with Crippen LogP contribution < -0.4 is 15.7 Å². The van der Waals surface area contributed by atoms with Gasteiger partial charge in [-0.3, -0.25) is 9.78 Å². The van der Waals surface area contributed by atoms with Gasteiger partial charge >= 0.3 is 0 Å². The number of nitrogens with zero attached hydrogens (tertiary/aromatic N) is 3. The van der Waals surface area contributed by atoms with Gasteiger partial charge < -0.3 is 4.74 Å². The number of benzene rings is 1. The number of hydrogen-bond acceptors (Lipinski definition) is 6. The van der Waals surface area contributed by atoms with Gasteiger partial charge in [0, 0.05) is 0 Å². The number of nitrogens with one attached hydrogen (secondary N) is 2. The smallest absolute Gasteiger partial charge is 0.271 e. The zero-order valence-electron chi connectivity index (χ0n) is 10.9. The predicted molar refractivity (Wildman–Crippen MR) is 81.5 cm³/mol. The molecule has 0 unspecified atom stereocenters. The second-order valence-corrected chi connectivity index (χ2v) is 4.61. The van der Waals surface area contributed by atoms with Crippen molar-refractivity contribution >= 4 is 35.4 Å². The summed E-state index contributed by atoms with van der Waals surface area (Å²) in [5, 5.41) is 11.8. The molecule has 0 bridgehead atoms. The Morgan fingerprint density at radius 3 is 2.76 bits per heavy atom. The lowest BCUT2D eigenvalue weighted by molar-refractivity contribution is 0.340. The fraction of sp³-hybridized carbons (Fsp3) is 0.167. The molecule has 2 aromatic rings. The van der Waals surface area contributed by atoms with Crippen LogP contribution in [0.1, 0.15) is 12.5 Å². The third-order valence-electron chi connectivity index (χ3n) is 2.27. The maximum atomic E-state index is 11.0. The molecule has 0 amide bonds. The molecule has 0 spiro atoms. The Morgan fingerprint density at radius 2 is 2.14 bits per heavy atom. The maximum Gasteiger partial charge on any atom is 0.271 e. The number of anilines is 1. The van der Waals surface area contributed by atoms with Crippen molar-refractivity contribution in [2.24, 2.45) is 5.10 Å². The van der Waals surface area contributed by atoms with Crippen LogP contribution in [0.3, 0.4) is 0 Å². The monoisotopic (exact) mass is 327 g/mol. The van der Waals surface area contributed by atoms with Crippen molar-refractivity contribution < 1.29 is 4.74 Å². The summed E-state index contributed by atoms with van der Waals surface area (Å²) >= 11 is 12.1. The molecule has 0 aliphatic heterocycles. The lowest BCUT2D eigenvalue weighted by atomic mass is 10.2. The quantitative estimate of drug-likeness (QED) is 0.649. The Balaban J connectivity index is 2.12. The Morgan fingerprint density at radius 1 is 1.43 bits per heavy atom. The topological polar surface area (TPSA) is 92.3 Å². The van der Waals surface area contributed by atoms with Crippen LogP contribution in [0.25, 0.3) is 0 Å². The highest BCUT2D eigenvalue weighted by Crippen LogP contribution is 2.33. The van der Waals surface area contributed by atoms with Gasteiger partial charge in [0.2, 0.25) is 5.95 Å². The number of ether oxygens (including phenoxy) is 1. The first-order valence-electron chi connectivity index (χ1n) is 5.93. The molecule has 21 heavy (non-hydrogen) atoms. The molecule has 1 aromatic carbocycles. The van der Waals surface area contributed by atoms with Crippen molar-refractivity contribution in [2.75, 3.05) is 12.0 Å². The average Bonchev–Trinajstić information content (AvgIpc) is 2.43. The third-order valence-corrected chi connectivity index (χ3v) is 2.83. The molecule has 7 nitrogen and oxygen atoms in total. The van der Waals surface area contributed by atoms with Crippen molar-refractivity contribution in [3.8, 4) is 5.75 Å². The summed E-state index contributed by atoms with van der Waals surface area (Å²) in [5.74, 6) is 0.561. The van der Waals surface area contributed by atoms with Crippen molar-refractivity contribution in [1.82, 2.24) is 15.2 Å². The van der Waals surface area contributed by atoms with Crippen LogP contribution in [0.5, 0.6) is 5.75 Å². The van der Waals surface area contributed by atoms with E-state index < -0.39 is 0 Å². The molecule has 0 radical (unpaired) electrons. The summed E-state index contributed by atoms with van der Waals surface area (Å²) in [5.41, 5.74) is 2.82. The van der Waals surface area contributed by atoms with Crippen LogP contribution in [0.15, 0.2) is 28.2 Å². The lowest BCUT2D eigenvalue weighted by Gasteiger charge is -2.08. The summed E-state index contributed by atoms with van der Waals surface area (Å²) in [6.45, 7) is 2.31. The SMILES string of the molecule is CCOc1c(Cl)cc(/C=N/Nc2nncc(=O)[nH]2)cc1Cl. The van der Waals surface area contributed by atoms with Gasteiger partial charge in [-0.1, -0.05) is 23.2 Å². The molecule has 9 heteroatoms. The van der Waals surface area contributed by atoms with Crippen LogP contribution in [-0.2, 0) is 0 Å². The van der Waals surface area contributed by atoms with E-state index in [0.717, 1.165) is 6.20 Å². The number of H-pyrrole nitrogens is 1. The summed E-state index contributed by atoms with van der Waals surface area (Å²) in [6, 6.07) is 3.31. The maximum absolute atomic E-state index is 11.0. The highest BCUT2D eigenvalue weighted by atomic mass is 35.5. The minimum Gasteiger partial charge on any atom is -0.491 e. The molecular formula is C12H11Cl2N5O2. The second-order valence-electron chi connectivity index (χ2n) is 3.80. The minimum absolute atomic E-state index is 0.127. The first-order valence-corrected chi connectivity index (χ1v) is 6.68. The van der Waals surface area contributed by atoms with E-state index in [4.69, 9.17) is 27.9 Å². The van der Waals surface area contributed by atoms with Crippen LogP contribution in [0.2, 0.25) is 10.0 Å². The van der Waals surface area contributed by atoms with Gasteiger partial charge in [0.1, 0.15) is 6.20 Å². The van der Waals surface area contributed by atoms with E-state index in [0.29, 0.717) is 28.0 Å². The van der Waals surface area contributed by atoms with Crippen LogP contribution in [0.4, 0.5) is 5.95 Å². The third kappa shape index (κ3) is 4.17. The zero-order chi connectivity index (χ0) is 15.2. The molecule has 1 aromatic heterocycles. The first-order chi connectivity index (χ1) is 10.1. The van der Waals surface area contributed by atoms with E-state index in [1.54, 1.807) is 12.1 Å². The van der Waals surface area contributed by atoms with Crippen LogP contribution >= 0.6 is 23.2 Å². The molecule has 2 N–H and O–H groups in total. The number of aromatic nitrogens is 3. The average molecular weight is 328 g/mol. The number of halogens is 2. The summed E-state index contributed by atoms with van der Waals surface area (Å²) in [7, 11) is 0. The number of hydrazone groups is 1. The fourth-order valence-electron chi connectivity index (χ4n) is 1.47. The van der Waals surface area contributed by atoms with Gasteiger partial charge in [-0.15, -0.1) is 10.2 Å². The number of rotatable bonds is 5. The van der Waals surface area contributed by atoms with Crippen LogP contribution in [-0.4, -0.2) is 28.0 Å². The van der Waals surface area contributed by atoms with E-state index in [2.05, 4.69) is 25.7 Å². The van der Waals surface area contributed by atoms with E-state index >= 15 is 0 Å². The molecule has 0 fully saturated rings.